The van der Waals surface area contributed by atoms with E-state index in [1.54, 1.807) is 6.92 Å². The lowest BCUT2D eigenvalue weighted by Gasteiger charge is -2.28. The van der Waals surface area contributed by atoms with Crippen molar-refractivity contribution in [3.63, 3.8) is 0 Å². The Hall–Kier alpha value is -2.98. The van der Waals surface area contributed by atoms with Gasteiger partial charge in [-0.2, -0.15) is 0 Å². The van der Waals surface area contributed by atoms with E-state index in [2.05, 4.69) is 25.9 Å². The molecule has 0 saturated heterocycles. The highest BCUT2D eigenvalue weighted by atomic mass is 35.5. The third-order valence-electron chi connectivity index (χ3n) is 5.50. The topological polar surface area (TPSA) is 125 Å². The van der Waals surface area contributed by atoms with E-state index in [4.69, 9.17) is 16.3 Å². The second-order valence-corrected chi connectivity index (χ2v) is 8.50. The van der Waals surface area contributed by atoms with Gasteiger partial charge in [-0.05, 0) is 50.8 Å². The van der Waals surface area contributed by atoms with Crippen molar-refractivity contribution < 1.29 is 23.5 Å². The van der Waals surface area contributed by atoms with Crippen molar-refractivity contribution in [3.05, 3.63) is 46.8 Å². The van der Waals surface area contributed by atoms with Crippen LogP contribution in [-0.4, -0.2) is 53.5 Å². The van der Waals surface area contributed by atoms with Crippen LogP contribution in [0.4, 0.5) is 10.1 Å². The summed E-state index contributed by atoms with van der Waals surface area (Å²) < 4.78 is 18.2. The van der Waals surface area contributed by atoms with Crippen molar-refractivity contribution in [1.82, 2.24) is 20.6 Å². The van der Waals surface area contributed by atoms with Crippen LogP contribution >= 0.6 is 11.6 Å². The average Bonchev–Trinajstić information content (AvgIpc) is 3.26. The quantitative estimate of drug-likeness (QED) is 0.463. The van der Waals surface area contributed by atoms with Crippen molar-refractivity contribution >= 4 is 35.0 Å². The molecule has 1 aliphatic carbocycles. The van der Waals surface area contributed by atoms with Gasteiger partial charge < -0.3 is 25.7 Å². The zero-order valence-electron chi connectivity index (χ0n) is 18.4. The van der Waals surface area contributed by atoms with Crippen molar-refractivity contribution in [2.45, 2.75) is 44.7 Å². The molecule has 0 bridgehead atoms. The number of anilines is 1. The number of carbonyl (C=O) groups excluding carboxylic acids is 3. The predicted molar refractivity (Wildman–Crippen MR) is 121 cm³/mol. The fraction of sp³-hybridized carbons (Fsp3) is 0.455. The molecule has 1 atom stereocenters. The first-order chi connectivity index (χ1) is 15.8. The summed E-state index contributed by atoms with van der Waals surface area (Å²) in [6.07, 6.45) is 3.64. The van der Waals surface area contributed by atoms with Crippen molar-refractivity contribution in [2.24, 2.45) is 5.92 Å². The molecular weight excluding hydrogens is 453 g/mol. The van der Waals surface area contributed by atoms with Gasteiger partial charge in [-0.1, -0.05) is 11.6 Å². The largest absolute Gasteiger partial charge is 0.383 e. The number of ether oxygens (including phenoxy) is 1. The van der Waals surface area contributed by atoms with Crippen LogP contribution in [-0.2, 0) is 9.53 Å². The number of H-pyrrole nitrogens is 1. The van der Waals surface area contributed by atoms with Crippen LogP contribution in [0.2, 0.25) is 5.02 Å². The van der Waals surface area contributed by atoms with E-state index in [1.807, 2.05) is 0 Å². The van der Waals surface area contributed by atoms with Crippen LogP contribution in [0.15, 0.2) is 24.5 Å². The number of benzene rings is 1. The minimum Gasteiger partial charge on any atom is -0.383 e. The maximum atomic E-state index is 13.2. The Bertz CT molecular complexity index is 1010. The van der Waals surface area contributed by atoms with E-state index in [1.165, 1.54) is 25.6 Å². The first kappa shape index (κ1) is 24.7. The SMILES string of the molecule is COC[C@@H](C)NC(=O)c1nc[nH]c1C(=O)N[C@H]1CC[C@H](C(=O)Nc2ccc(F)cc2Cl)CC1. The molecule has 0 spiro atoms. The van der Waals surface area contributed by atoms with Crippen LogP contribution in [0.25, 0.3) is 0 Å². The number of nitrogens with one attached hydrogen (secondary N) is 4. The number of nitrogens with zero attached hydrogens (tertiary/aromatic N) is 1. The number of aromatic nitrogens is 2. The van der Waals surface area contributed by atoms with E-state index in [0.717, 1.165) is 6.07 Å². The smallest absolute Gasteiger partial charge is 0.272 e. The third kappa shape index (κ3) is 6.52. The molecular formula is C22H27ClFN5O4. The number of carbonyl (C=O) groups is 3. The highest BCUT2D eigenvalue weighted by Crippen LogP contribution is 2.28. The minimum absolute atomic E-state index is 0.0136. The standard InChI is InChI=1S/C22H27ClFN5O4/c1-12(10-33-2)27-21(31)18-19(26-11-25-18)22(32)28-15-6-3-13(4-7-15)20(30)29-17-8-5-14(24)9-16(17)23/h5,8-9,11-13,15H,3-4,6-7,10H2,1-2H3,(H,25,26)(H,27,31)(H,28,32)(H,29,30)/t12-,13-,15-/m1/s1. The second kappa shape index (κ2) is 11.2. The molecule has 33 heavy (non-hydrogen) atoms. The number of halogens is 2. The summed E-state index contributed by atoms with van der Waals surface area (Å²) >= 11 is 5.98. The summed E-state index contributed by atoms with van der Waals surface area (Å²) in [5.74, 6) is -1.80. The number of imidazole rings is 1. The van der Waals surface area contributed by atoms with Gasteiger partial charge in [0.2, 0.25) is 5.91 Å². The van der Waals surface area contributed by atoms with Gasteiger partial charge >= 0.3 is 0 Å². The summed E-state index contributed by atoms with van der Waals surface area (Å²) in [5.41, 5.74) is 0.464. The molecule has 1 saturated carbocycles. The molecule has 11 heteroatoms. The number of hydrogen-bond acceptors (Lipinski definition) is 5. The molecule has 178 valence electrons. The Morgan fingerprint density at radius 3 is 2.64 bits per heavy atom. The highest BCUT2D eigenvalue weighted by Gasteiger charge is 2.29. The van der Waals surface area contributed by atoms with Gasteiger partial charge in [0.05, 0.1) is 23.6 Å². The Balaban J connectivity index is 1.51. The van der Waals surface area contributed by atoms with E-state index in [9.17, 15) is 18.8 Å². The molecule has 1 heterocycles. The molecule has 1 aliphatic rings. The van der Waals surface area contributed by atoms with Crippen molar-refractivity contribution in [2.75, 3.05) is 19.0 Å². The summed E-state index contributed by atoms with van der Waals surface area (Å²) in [7, 11) is 1.53. The van der Waals surface area contributed by atoms with Gasteiger partial charge in [-0.15, -0.1) is 0 Å². The lowest BCUT2D eigenvalue weighted by molar-refractivity contribution is -0.120. The maximum Gasteiger partial charge on any atom is 0.272 e. The molecule has 0 radical (unpaired) electrons. The number of amides is 3. The van der Waals surface area contributed by atoms with Gasteiger partial charge in [0, 0.05) is 25.1 Å². The van der Waals surface area contributed by atoms with Crippen molar-refractivity contribution in [3.8, 4) is 0 Å². The molecule has 2 aromatic rings. The molecule has 0 aliphatic heterocycles. The van der Waals surface area contributed by atoms with Crippen LogP contribution < -0.4 is 16.0 Å². The fourth-order valence-corrected chi connectivity index (χ4v) is 4.02. The number of methoxy groups -OCH3 is 1. The first-order valence-electron chi connectivity index (χ1n) is 10.7. The summed E-state index contributed by atoms with van der Waals surface area (Å²) in [6, 6.07) is 3.43. The number of rotatable bonds is 8. The van der Waals surface area contributed by atoms with E-state index >= 15 is 0 Å². The lowest BCUT2D eigenvalue weighted by Crippen LogP contribution is -2.41. The fourth-order valence-electron chi connectivity index (χ4n) is 3.81. The lowest BCUT2D eigenvalue weighted by atomic mass is 9.85. The Kier molecular flexibility index (Phi) is 8.40. The molecule has 1 fully saturated rings. The number of aromatic amines is 1. The molecule has 3 amide bonds. The molecule has 3 rings (SSSR count). The van der Waals surface area contributed by atoms with Crippen LogP contribution in [0.3, 0.4) is 0 Å². The third-order valence-corrected chi connectivity index (χ3v) is 5.81. The van der Waals surface area contributed by atoms with Gasteiger partial charge in [0.15, 0.2) is 5.69 Å². The van der Waals surface area contributed by atoms with Crippen LogP contribution in [0, 0.1) is 11.7 Å². The molecule has 0 unspecified atom stereocenters. The van der Waals surface area contributed by atoms with Gasteiger partial charge in [0.1, 0.15) is 11.5 Å². The molecule has 1 aromatic heterocycles. The van der Waals surface area contributed by atoms with E-state index in [-0.39, 0.29) is 40.3 Å². The zero-order chi connectivity index (χ0) is 24.0. The van der Waals surface area contributed by atoms with Crippen molar-refractivity contribution in [1.29, 1.82) is 0 Å². The van der Waals surface area contributed by atoms with Gasteiger partial charge in [-0.3, -0.25) is 14.4 Å². The second-order valence-electron chi connectivity index (χ2n) is 8.09. The number of hydrogen-bond donors (Lipinski definition) is 4. The highest BCUT2D eigenvalue weighted by molar-refractivity contribution is 6.33. The summed E-state index contributed by atoms with van der Waals surface area (Å²) in [5, 5.41) is 8.51. The normalized spacial score (nSPS) is 18.9. The maximum absolute atomic E-state index is 13.2. The van der Waals surface area contributed by atoms with Gasteiger partial charge in [-0.25, -0.2) is 9.37 Å². The Labute approximate surface area is 195 Å². The minimum atomic E-state index is -0.475. The Morgan fingerprint density at radius 1 is 1.24 bits per heavy atom. The monoisotopic (exact) mass is 479 g/mol. The van der Waals surface area contributed by atoms with E-state index in [0.29, 0.717) is 38.0 Å². The summed E-state index contributed by atoms with van der Waals surface area (Å²) in [4.78, 5) is 44.4. The Morgan fingerprint density at radius 2 is 1.97 bits per heavy atom. The van der Waals surface area contributed by atoms with E-state index < -0.39 is 17.6 Å². The first-order valence-corrected chi connectivity index (χ1v) is 11.1. The van der Waals surface area contributed by atoms with Crippen LogP contribution in [0.1, 0.15) is 53.6 Å². The molecule has 1 aromatic carbocycles. The molecule has 9 nitrogen and oxygen atoms in total. The van der Waals surface area contributed by atoms with Gasteiger partial charge in [0.25, 0.3) is 11.8 Å². The molecule has 4 N–H and O–H groups in total. The predicted octanol–water partition coefficient (Wildman–Crippen LogP) is 2.89. The zero-order valence-corrected chi connectivity index (χ0v) is 19.2. The van der Waals surface area contributed by atoms with Crippen LogP contribution in [0.5, 0.6) is 0 Å². The summed E-state index contributed by atoms with van der Waals surface area (Å²) in [6.45, 7) is 2.12. The average molecular weight is 480 g/mol.